The average molecular weight is 377 g/mol. The maximum absolute atomic E-state index is 12.5. The van der Waals surface area contributed by atoms with Gasteiger partial charge < -0.3 is 14.7 Å². The lowest BCUT2D eigenvalue weighted by Gasteiger charge is -2.23. The maximum atomic E-state index is 12.5. The van der Waals surface area contributed by atoms with Gasteiger partial charge in [-0.05, 0) is 36.6 Å². The Kier molecular flexibility index (Phi) is 6.76. The Labute approximate surface area is 154 Å². The Hall–Kier alpha value is -2.38. The van der Waals surface area contributed by atoms with Crippen LogP contribution in [0.3, 0.4) is 0 Å². The number of hydrogen-bond donors (Lipinski definition) is 1. The Bertz CT molecular complexity index is 836. The van der Waals surface area contributed by atoms with Crippen LogP contribution in [0.2, 0.25) is 0 Å². The lowest BCUT2D eigenvalue weighted by atomic mass is 9.88. The summed E-state index contributed by atoms with van der Waals surface area (Å²) in [5.41, 5.74) is 7.88. The number of carbonyl (C=O) groups excluding carboxylic acids is 1. The van der Waals surface area contributed by atoms with E-state index in [0.717, 1.165) is 11.8 Å². The molecule has 2 aromatic carbocycles. The van der Waals surface area contributed by atoms with Gasteiger partial charge in [-0.25, -0.2) is 0 Å². The van der Waals surface area contributed by atoms with Crippen molar-refractivity contribution in [2.45, 2.75) is 25.3 Å². The van der Waals surface area contributed by atoms with Gasteiger partial charge in [0.15, 0.2) is 0 Å². The number of nitrogens with two attached hydrogens (primary N) is 1. The maximum Gasteiger partial charge on any atom is 0.315 e. The normalized spacial score (nSPS) is 13.7. The van der Waals surface area contributed by atoms with Gasteiger partial charge in [-0.3, -0.25) is 4.79 Å². The van der Waals surface area contributed by atoms with Crippen LogP contribution in [0.15, 0.2) is 54.6 Å². The van der Waals surface area contributed by atoms with Gasteiger partial charge >= 0.3 is 16.1 Å². The van der Waals surface area contributed by atoms with Crippen molar-refractivity contribution in [3.63, 3.8) is 0 Å². The topological polar surface area (TPSA) is 95.7 Å². The summed E-state index contributed by atoms with van der Waals surface area (Å²) in [5, 5.41) is 0. The zero-order chi connectivity index (χ0) is 19.2. The van der Waals surface area contributed by atoms with Crippen LogP contribution in [-0.4, -0.2) is 33.3 Å². The van der Waals surface area contributed by atoms with Gasteiger partial charge in [0.2, 0.25) is 0 Å². The third-order valence-corrected chi connectivity index (χ3v) is 4.24. The molecule has 140 valence electrons. The van der Waals surface area contributed by atoms with Gasteiger partial charge in [-0.15, -0.1) is 0 Å². The molecule has 0 saturated heterocycles. The predicted molar refractivity (Wildman–Crippen MR) is 99.4 cm³/mol. The first-order chi connectivity index (χ1) is 12.3. The minimum atomic E-state index is -3.67. The van der Waals surface area contributed by atoms with E-state index in [1.807, 2.05) is 30.3 Å². The Morgan fingerprint density at radius 3 is 2.42 bits per heavy atom. The van der Waals surface area contributed by atoms with E-state index in [0.29, 0.717) is 12.0 Å². The van der Waals surface area contributed by atoms with Crippen LogP contribution < -0.4 is 9.92 Å². The molecule has 0 heterocycles. The molecule has 0 saturated carbocycles. The molecule has 2 unspecified atom stereocenters. The van der Waals surface area contributed by atoms with Crippen molar-refractivity contribution in [2.24, 2.45) is 5.73 Å². The monoisotopic (exact) mass is 377 g/mol. The minimum Gasteiger partial charge on any atom is -0.465 e. The summed E-state index contributed by atoms with van der Waals surface area (Å²) in [7, 11) is -3.67. The zero-order valence-electron chi connectivity index (χ0n) is 14.8. The first-order valence-electron chi connectivity index (χ1n) is 8.25. The summed E-state index contributed by atoms with van der Waals surface area (Å²) in [4.78, 5) is 12.5. The number of ether oxygens (including phenoxy) is 1. The highest BCUT2D eigenvalue weighted by atomic mass is 32.2. The molecule has 26 heavy (non-hydrogen) atoms. The first kappa shape index (κ1) is 19.9. The van der Waals surface area contributed by atoms with Gasteiger partial charge in [0.25, 0.3) is 0 Å². The number of rotatable bonds is 8. The molecule has 2 aromatic rings. The third-order valence-electron chi connectivity index (χ3n) is 3.75. The smallest absolute Gasteiger partial charge is 0.315 e. The summed E-state index contributed by atoms with van der Waals surface area (Å²) in [5.74, 6) is -1.06. The van der Waals surface area contributed by atoms with E-state index in [9.17, 15) is 13.2 Å². The van der Waals surface area contributed by atoms with Crippen molar-refractivity contribution >= 4 is 16.1 Å². The Balaban J connectivity index is 2.32. The highest BCUT2D eigenvalue weighted by molar-refractivity contribution is 7.86. The second-order valence-corrected chi connectivity index (χ2v) is 7.52. The van der Waals surface area contributed by atoms with E-state index >= 15 is 0 Å². The largest absolute Gasteiger partial charge is 0.465 e. The third kappa shape index (κ3) is 5.86. The first-order valence-corrected chi connectivity index (χ1v) is 10.1. The second-order valence-electron chi connectivity index (χ2n) is 5.94. The van der Waals surface area contributed by atoms with Crippen LogP contribution in [-0.2, 0) is 26.1 Å². The summed E-state index contributed by atoms with van der Waals surface area (Å²) in [6, 6.07) is 15.4. The van der Waals surface area contributed by atoms with Crippen molar-refractivity contribution in [1.82, 2.24) is 0 Å². The molecule has 6 nitrogen and oxygen atoms in total. The standard InChI is InChI=1S/C19H23NO5S/c1-3-24-19(21)18(17(20)12-14-8-5-4-6-9-14)15-10-7-11-16(13-15)25-26(2,22)23/h4-11,13,17-18H,3,12,20H2,1-2H3. The van der Waals surface area contributed by atoms with E-state index in [1.165, 1.54) is 12.1 Å². The highest BCUT2D eigenvalue weighted by Crippen LogP contribution is 2.27. The molecule has 2 atom stereocenters. The molecular formula is C19H23NO5S. The van der Waals surface area contributed by atoms with Gasteiger partial charge in [-0.2, -0.15) is 8.42 Å². The molecule has 0 spiro atoms. The lowest BCUT2D eigenvalue weighted by molar-refractivity contribution is -0.145. The van der Waals surface area contributed by atoms with Crippen LogP contribution >= 0.6 is 0 Å². The van der Waals surface area contributed by atoms with Crippen LogP contribution in [0.4, 0.5) is 0 Å². The van der Waals surface area contributed by atoms with Crippen molar-refractivity contribution in [3.8, 4) is 5.75 Å². The summed E-state index contributed by atoms with van der Waals surface area (Å²) < 4.78 is 32.8. The van der Waals surface area contributed by atoms with Gasteiger partial charge in [0, 0.05) is 6.04 Å². The Morgan fingerprint density at radius 2 is 1.81 bits per heavy atom. The number of carbonyl (C=O) groups is 1. The number of hydrogen-bond acceptors (Lipinski definition) is 6. The van der Waals surface area contributed by atoms with Crippen molar-refractivity contribution < 1.29 is 22.1 Å². The van der Waals surface area contributed by atoms with Gasteiger partial charge in [0.05, 0.1) is 18.8 Å². The number of esters is 1. The molecule has 7 heteroatoms. The molecule has 2 N–H and O–H groups in total. The molecule has 0 bridgehead atoms. The molecular weight excluding hydrogens is 354 g/mol. The van der Waals surface area contributed by atoms with E-state index < -0.39 is 28.0 Å². The fourth-order valence-corrected chi connectivity index (χ4v) is 3.18. The molecule has 0 aliphatic carbocycles. The van der Waals surface area contributed by atoms with Crippen molar-refractivity contribution in [2.75, 3.05) is 12.9 Å². The zero-order valence-corrected chi connectivity index (χ0v) is 15.6. The fourth-order valence-electron chi connectivity index (χ4n) is 2.73. The molecule has 0 fully saturated rings. The lowest BCUT2D eigenvalue weighted by Crippen LogP contribution is -2.36. The molecule has 2 rings (SSSR count). The van der Waals surface area contributed by atoms with Crippen molar-refractivity contribution in [1.29, 1.82) is 0 Å². The Morgan fingerprint density at radius 1 is 1.12 bits per heavy atom. The minimum absolute atomic E-state index is 0.131. The van der Waals surface area contributed by atoms with E-state index in [-0.39, 0.29) is 12.4 Å². The average Bonchev–Trinajstić information content (AvgIpc) is 2.55. The second kappa shape index (κ2) is 8.82. The SMILES string of the molecule is CCOC(=O)C(c1cccc(OS(C)(=O)=O)c1)C(N)Cc1ccccc1. The van der Waals surface area contributed by atoms with Crippen molar-refractivity contribution in [3.05, 3.63) is 65.7 Å². The summed E-state index contributed by atoms with van der Waals surface area (Å²) >= 11 is 0. The van der Waals surface area contributed by atoms with Crippen LogP contribution in [0.5, 0.6) is 5.75 Å². The van der Waals surface area contributed by atoms with E-state index in [2.05, 4.69) is 0 Å². The quantitative estimate of drug-likeness (QED) is 0.560. The predicted octanol–water partition coefficient (Wildman–Crippen LogP) is 2.24. The van der Waals surface area contributed by atoms with E-state index in [4.69, 9.17) is 14.7 Å². The number of benzene rings is 2. The molecule has 0 amide bonds. The highest BCUT2D eigenvalue weighted by Gasteiger charge is 2.29. The summed E-state index contributed by atoms with van der Waals surface area (Å²) in [6.45, 7) is 1.95. The molecule has 0 aromatic heterocycles. The van der Waals surface area contributed by atoms with Gasteiger partial charge in [0.1, 0.15) is 5.75 Å². The van der Waals surface area contributed by atoms with Gasteiger partial charge in [-0.1, -0.05) is 42.5 Å². The van der Waals surface area contributed by atoms with E-state index in [1.54, 1.807) is 19.1 Å². The molecule has 0 aliphatic heterocycles. The van der Waals surface area contributed by atoms with Crippen LogP contribution in [0.25, 0.3) is 0 Å². The fraction of sp³-hybridized carbons (Fsp3) is 0.316. The molecule has 0 radical (unpaired) electrons. The summed E-state index contributed by atoms with van der Waals surface area (Å²) in [6.07, 6.45) is 1.44. The molecule has 0 aliphatic rings. The van der Waals surface area contributed by atoms with Crippen LogP contribution in [0, 0.1) is 0 Å². The van der Waals surface area contributed by atoms with Crippen LogP contribution in [0.1, 0.15) is 24.0 Å².